The molecule has 2 aromatic rings. The molecule has 3 N–H and O–H groups in total. The zero-order valence-corrected chi connectivity index (χ0v) is 10.6. The fourth-order valence-corrected chi connectivity index (χ4v) is 2.05. The molecule has 1 amide bonds. The molecule has 0 aliphatic carbocycles. The molecule has 1 heterocycles. The number of aromatic nitrogens is 1. The van der Waals surface area contributed by atoms with Gasteiger partial charge in [0.05, 0.1) is 5.52 Å². The second kappa shape index (κ2) is 5.10. The first-order valence-electron chi connectivity index (χ1n) is 5.82. The van der Waals surface area contributed by atoms with Crippen molar-refractivity contribution in [1.82, 2.24) is 4.73 Å². The second-order valence-corrected chi connectivity index (χ2v) is 4.11. The maximum Gasteiger partial charge on any atom is 0.221 e. The summed E-state index contributed by atoms with van der Waals surface area (Å²) >= 11 is 0. The van der Waals surface area contributed by atoms with Crippen molar-refractivity contribution in [2.24, 2.45) is 5.73 Å². The van der Waals surface area contributed by atoms with E-state index in [1.807, 2.05) is 24.4 Å². The van der Waals surface area contributed by atoms with Gasteiger partial charge in [0.15, 0.2) is 0 Å². The van der Waals surface area contributed by atoms with Gasteiger partial charge >= 0.3 is 0 Å². The zero-order valence-electron chi connectivity index (χ0n) is 10.6. The minimum absolute atomic E-state index is 0.0907. The molecule has 0 saturated heterocycles. The Morgan fingerprint density at radius 1 is 1.50 bits per heavy atom. The van der Waals surface area contributed by atoms with E-state index in [2.05, 4.69) is 5.32 Å². The van der Waals surface area contributed by atoms with Crippen LogP contribution in [-0.2, 0) is 11.2 Å². The van der Waals surface area contributed by atoms with E-state index >= 15 is 0 Å². The summed E-state index contributed by atoms with van der Waals surface area (Å²) in [6, 6.07) is 5.74. The van der Waals surface area contributed by atoms with Crippen molar-refractivity contribution in [2.75, 3.05) is 19.0 Å². The van der Waals surface area contributed by atoms with Gasteiger partial charge in [-0.1, -0.05) is 6.07 Å². The highest BCUT2D eigenvalue weighted by Gasteiger charge is 2.09. The number of benzene rings is 1. The normalized spacial score (nSPS) is 10.6. The number of hydrogen-bond donors (Lipinski definition) is 2. The van der Waals surface area contributed by atoms with Crippen molar-refractivity contribution in [3.05, 3.63) is 30.0 Å². The molecule has 5 heteroatoms. The number of carbonyl (C=O) groups is 1. The molecule has 96 valence electrons. The average Bonchev–Trinajstić information content (AvgIpc) is 2.67. The molecule has 18 heavy (non-hydrogen) atoms. The van der Waals surface area contributed by atoms with Crippen LogP contribution < -0.4 is 15.9 Å². The van der Waals surface area contributed by atoms with E-state index in [0.717, 1.165) is 28.6 Å². The molecule has 0 aliphatic heterocycles. The lowest BCUT2D eigenvalue weighted by Crippen LogP contribution is -2.06. The molecular formula is C13H17N3O2. The number of nitrogens with two attached hydrogens (primary N) is 1. The van der Waals surface area contributed by atoms with Gasteiger partial charge in [-0.05, 0) is 30.7 Å². The number of hydrogen-bond acceptors (Lipinski definition) is 3. The largest absolute Gasteiger partial charge is 0.417 e. The van der Waals surface area contributed by atoms with Gasteiger partial charge in [0.2, 0.25) is 5.91 Å². The summed E-state index contributed by atoms with van der Waals surface area (Å²) in [5.41, 5.74) is 8.41. The van der Waals surface area contributed by atoms with Crippen molar-refractivity contribution in [3.63, 3.8) is 0 Å². The number of rotatable bonds is 4. The smallest absolute Gasteiger partial charge is 0.221 e. The van der Waals surface area contributed by atoms with Crippen LogP contribution in [0.1, 0.15) is 12.5 Å². The maximum absolute atomic E-state index is 11.0. The van der Waals surface area contributed by atoms with E-state index in [-0.39, 0.29) is 5.91 Å². The van der Waals surface area contributed by atoms with Gasteiger partial charge in [-0.15, -0.1) is 0 Å². The van der Waals surface area contributed by atoms with E-state index in [9.17, 15) is 4.79 Å². The first-order chi connectivity index (χ1) is 8.65. The van der Waals surface area contributed by atoms with Gasteiger partial charge in [-0.3, -0.25) is 4.79 Å². The molecule has 1 aromatic heterocycles. The van der Waals surface area contributed by atoms with E-state index in [0.29, 0.717) is 6.54 Å². The Kier molecular flexibility index (Phi) is 3.53. The summed E-state index contributed by atoms with van der Waals surface area (Å²) in [6.45, 7) is 2.08. The molecule has 0 radical (unpaired) electrons. The highest BCUT2D eigenvalue weighted by atomic mass is 16.6. The molecule has 0 atom stereocenters. The Morgan fingerprint density at radius 3 is 2.89 bits per heavy atom. The standard InChI is InChI=1S/C13H17N3O2/c1-9(17)15-11-3-4-12-10(5-6-14)8-16(18-2)13(12)7-11/h3-4,7-8H,5-6,14H2,1-2H3,(H,15,17). The third kappa shape index (κ3) is 2.31. The topological polar surface area (TPSA) is 69.3 Å². The van der Waals surface area contributed by atoms with Crippen LogP contribution in [0.25, 0.3) is 10.9 Å². The van der Waals surface area contributed by atoms with Gasteiger partial charge in [0, 0.05) is 24.2 Å². The molecule has 1 aromatic carbocycles. The van der Waals surface area contributed by atoms with Crippen molar-refractivity contribution >= 4 is 22.5 Å². The molecule has 2 rings (SSSR count). The number of nitrogens with one attached hydrogen (secondary N) is 1. The van der Waals surface area contributed by atoms with Crippen LogP contribution in [0.5, 0.6) is 0 Å². The molecule has 0 unspecified atom stereocenters. The Bertz CT molecular complexity index is 575. The van der Waals surface area contributed by atoms with Gasteiger partial charge < -0.3 is 15.9 Å². The van der Waals surface area contributed by atoms with Crippen molar-refractivity contribution in [1.29, 1.82) is 0 Å². The Labute approximate surface area is 105 Å². The summed E-state index contributed by atoms with van der Waals surface area (Å²) < 4.78 is 1.69. The Morgan fingerprint density at radius 2 is 2.28 bits per heavy atom. The molecule has 0 aliphatic rings. The van der Waals surface area contributed by atoms with E-state index in [1.165, 1.54) is 6.92 Å². The molecular weight excluding hydrogens is 230 g/mol. The monoisotopic (exact) mass is 247 g/mol. The summed E-state index contributed by atoms with van der Waals surface area (Å²) in [4.78, 5) is 16.3. The third-order valence-electron chi connectivity index (χ3n) is 2.78. The molecule has 5 nitrogen and oxygen atoms in total. The number of nitrogens with zero attached hydrogens (tertiary/aromatic N) is 1. The highest BCUT2D eigenvalue weighted by molar-refractivity contribution is 5.93. The van der Waals surface area contributed by atoms with Crippen LogP contribution in [-0.4, -0.2) is 24.3 Å². The number of amides is 1. The maximum atomic E-state index is 11.0. The molecule has 0 fully saturated rings. The summed E-state index contributed by atoms with van der Waals surface area (Å²) in [7, 11) is 1.61. The number of carbonyl (C=O) groups excluding carboxylic acids is 1. The van der Waals surface area contributed by atoms with Crippen LogP contribution in [0.15, 0.2) is 24.4 Å². The number of fused-ring (bicyclic) bond motifs is 1. The lowest BCUT2D eigenvalue weighted by atomic mass is 10.1. The molecule has 0 spiro atoms. The van der Waals surface area contributed by atoms with E-state index < -0.39 is 0 Å². The fourth-order valence-electron chi connectivity index (χ4n) is 2.05. The highest BCUT2D eigenvalue weighted by Crippen LogP contribution is 2.24. The predicted molar refractivity (Wildman–Crippen MR) is 71.5 cm³/mol. The summed E-state index contributed by atoms with van der Waals surface area (Å²) in [5.74, 6) is -0.0907. The van der Waals surface area contributed by atoms with Crippen LogP contribution in [0.2, 0.25) is 0 Å². The van der Waals surface area contributed by atoms with Gasteiger partial charge in [0.1, 0.15) is 7.11 Å². The SMILES string of the molecule is COn1cc(CCN)c2ccc(NC(C)=O)cc21. The summed E-state index contributed by atoms with van der Waals surface area (Å²) in [6.07, 6.45) is 2.72. The lowest BCUT2D eigenvalue weighted by Gasteiger charge is -2.05. The first-order valence-corrected chi connectivity index (χ1v) is 5.82. The fraction of sp³-hybridized carbons (Fsp3) is 0.308. The van der Waals surface area contributed by atoms with Crippen molar-refractivity contribution < 1.29 is 9.63 Å². The van der Waals surface area contributed by atoms with Crippen molar-refractivity contribution in [3.8, 4) is 0 Å². The first kappa shape index (κ1) is 12.4. The van der Waals surface area contributed by atoms with Crippen molar-refractivity contribution in [2.45, 2.75) is 13.3 Å². The quantitative estimate of drug-likeness (QED) is 0.851. The van der Waals surface area contributed by atoms with Gasteiger partial charge in [-0.25, -0.2) is 0 Å². The van der Waals surface area contributed by atoms with Gasteiger partial charge in [0.25, 0.3) is 0 Å². The average molecular weight is 247 g/mol. The lowest BCUT2D eigenvalue weighted by molar-refractivity contribution is -0.114. The second-order valence-electron chi connectivity index (χ2n) is 4.11. The predicted octanol–water partition coefficient (Wildman–Crippen LogP) is 1.16. The Hall–Kier alpha value is -2.01. The minimum atomic E-state index is -0.0907. The van der Waals surface area contributed by atoms with Gasteiger partial charge in [-0.2, -0.15) is 4.73 Å². The van der Waals surface area contributed by atoms with Crippen LogP contribution in [0, 0.1) is 0 Å². The molecule has 0 saturated carbocycles. The third-order valence-corrected chi connectivity index (χ3v) is 2.78. The molecule has 0 bridgehead atoms. The minimum Gasteiger partial charge on any atom is -0.417 e. The summed E-state index contributed by atoms with van der Waals surface area (Å²) in [5, 5.41) is 3.85. The van der Waals surface area contributed by atoms with E-state index in [1.54, 1.807) is 11.8 Å². The van der Waals surface area contributed by atoms with Crippen LogP contribution >= 0.6 is 0 Å². The zero-order chi connectivity index (χ0) is 13.1. The van der Waals surface area contributed by atoms with E-state index in [4.69, 9.17) is 10.6 Å². The number of anilines is 1. The van der Waals surface area contributed by atoms with Crippen LogP contribution in [0.3, 0.4) is 0 Å². The van der Waals surface area contributed by atoms with Crippen LogP contribution in [0.4, 0.5) is 5.69 Å². The Balaban J connectivity index is 2.50.